The Hall–Kier alpha value is -2.02. The van der Waals surface area contributed by atoms with E-state index in [1.807, 2.05) is 38.1 Å². The number of benzene rings is 1. The molecule has 0 radical (unpaired) electrons. The molecule has 0 aromatic heterocycles. The Bertz CT molecular complexity index is 450. The minimum absolute atomic E-state index is 0.0944. The van der Waals surface area contributed by atoms with E-state index in [2.05, 4.69) is 5.32 Å². The van der Waals surface area contributed by atoms with Crippen molar-refractivity contribution in [1.29, 1.82) is 5.26 Å². The number of hydrogen-bond acceptors (Lipinski definition) is 3. The Kier molecular flexibility index (Phi) is 5.72. The number of nitrogens with zero attached hydrogens (tertiary/aromatic N) is 1. The van der Waals surface area contributed by atoms with Crippen molar-refractivity contribution in [3.63, 3.8) is 0 Å². The molecule has 0 bridgehead atoms. The van der Waals surface area contributed by atoms with Crippen LogP contribution in [0, 0.1) is 18.3 Å². The molecular formula is C14H18N2O2. The third-order valence-electron chi connectivity index (χ3n) is 2.49. The highest BCUT2D eigenvalue weighted by Gasteiger charge is 2.03. The van der Waals surface area contributed by atoms with Gasteiger partial charge in [0.1, 0.15) is 5.75 Å². The first-order chi connectivity index (χ1) is 8.67. The minimum atomic E-state index is -0.0944. The zero-order valence-corrected chi connectivity index (χ0v) is 10.8. The van der Waals surface area contributed by atoms with Gasteiger partial charge in [-0.15, -0.1) is 0 Å². The van der Waals surface area contributed by atoms with Crippen molar-refractivity contribution in [1.82, 2.24) is 5.32 Å². The normalized spacial score (nSPS) is 9.61. The highest BCUT2D eigenvalue weighted by atomic mass is 16.5. The third-order valence-corrected chi connectivity index (χ3v) is 2.49. The van der Waals surface area contributed by atoms with Gasteiger partial charge in [0.15, 0.2) is 0 Å². The molecule has 0 aliphatic rings. The van der Waals surface area contributed by atoms with Crippen molar-refractivity contribution < 1.29 is 9.53 Å². The number of aryl methyl sites for hydroxylation is 1. The van der Waals surface area contributed by atoms with Gasteiger partial charge in [-0.3, -0.25) is 4.79 Å². The van der Waals surface area contributed by atoms with Gasteiger partial charge in [0, 0.05) is 19.4 Å². The first-order valence-electron chi connectivity index (χ1n) is 6.03. The Morgan fingerprint density at radius 1 is 1.50 bits per heavy atom. The molecule has 96 valence electrons. The van der Waals surface area contributed by atoms with Crippen molar-refractivity contribution in [2.45, 2.75) is 33.2 Å². The number of rotatable bonds is 6. The molecule has 1 N–H and O–H groups in total. The van der Waals surface area contributed by atoms with Gasteiger partial charge in [0.2, 0.25) is 5.91 Å². The van der Waals surface area contributed by atoms with Crippen LogP contribution in [0.1, 0.15) is 30.9 Å². The molecule has 0 saturated carbocycles. The fraction of sp³-hybridized carbons (Fsp3) is 0.429. The average molecular weight is 246 g/mol. The molecule has 0 aliphatic carbocycles. The van der Waals surface area contributed by atoms with Crippen LogP contribution < -0.4 is 10.1 Å². The number of carbonyl (C=O) groups excluding carboxylic acids is 1. The zero-order chi connectivity index (χ0) is 13.4. The lowest BCUT2D eigenvalue weighted by molar-refractivity contribution is -0.121. The molecule has 0 spiro atoms. The van der Waals surface area contributed by atoms with Crippen LogP contribution in [0.5, 0.6) is 5.75 Å². The highest BCUT2D eigenvalue weighted by Crippen LogP contribution is 2.18. The van der Waals surface area contributed by atoms with E-state index in [0.717, 1.165) is 16.9 Å². The summed E-state index contributed by atoms with van der Waals surface area (Å²) in [5.74, 6) is 0.778. The number of nitriles is 1. The Morgan fingerprint density at radius 3 is 2.89 bits per heavy atom. The maximum absolute atomic E-state index is 11.3. The standard InChI is InChI=1S/C14H18N2O2/c1-3-18-13-7-6-12(9-11(13)2)10-16-14(17)5-4-8-15/h6-7,9H,3-5,10H2,1-2H3,(H,16,17). The van der Waals surface area contributed by atoms with E-state index < -0.39 is 0 Å². The monoisotopic (exact) mass is 246 g/mol. The predicted octanol–water partition coefficient (Wildman–Crippen LogP) is 2.31. The smallest absolute Gasteiger partial charge is 0.221 e. The molecule has 0 aliphatic heterocycles. The lowest BCUT2D eigenvalue weighted by Crippen LogP contribution is -2.22. The topological polar surface area (TPSA) is 62.1 Å². The highest BCUT2D eigenvalue weighted by molar-refractivity contribution is 5.76. The molecule has 0 unspecified atom stereocenters. The number of carbonyl (C=O) groups is 1. The van der Waals surface area contributed by atoms with E-state index in [1.54, 1.807) is 0 Å². The van der Waals surface area contributed by atoms with Gasteiger partial charge in [-0.2, -0.15) is 5.26 Å². The maximum Gasteiger partial charge on any atom is 0.221 e. The Balaban J connectivity index is 2.51. The predicted molar refractivity (Wildman–Crippen MR) is 69.0 cm³/mol. The number of nitrogens with one attached hydrogen (secondary N) is 1. The van der Waals surface area contributed by atoms with Gasteiger partial charge < -0.3 is 10.1 Å². The van der Waals surface area contributed by atoms with Gasteiger partial charge >= 0.3 is 0 Å². The van der Waals surface area contributed by atoms with Crippen LogP contribution in [0.2, 0.25) is 0 Å². The fourth-order valence-corrected chi connectivity index (χ4v) is 1.60. The number of hydrogen-bond donors (Lipinski definition) is 1. The third kappa shape index (κ3) is 4.46. The van der Waals surface area contributed by atoms with Gasteiger partial charge in [0.05, 0.1) is 12.7 Å². The van der Waals surface area contributed by atoms with Crippen LogP contribution in [0.3, 0.4) is 0 Å². The fourth-order valence-electron chi connectivity index (χ4n) is 1.60. The lowest BCUT2D eigenvalue weighted by Gasteiger charge is -2.09. The van der Waals surface area contributed by atoms with Crippen molar-refractivity contribution in [2.24, 2.45) is 0 Å². The van der Waals surface area contributed by atoms with E-state index in [0.29, 0.717) is 13.2 Å². The van der Waals surface area contributed by atoms with Crippen molar-refractivity contribution in [3.8, 4) is 11.8 Å². The van der Waals surface area contributed by atoms with E-state index in [4.69, 9.17) is 10.00 Å². The molecule has 0 saturated heterocycles. The summed E-state index contributed by atoms with van der Waals surface area (Å²) in [6.45, 7) is 5.05. The summed E-state index contributed by atoms with van der Waals surface area (Å²) in [4.78, 5) is 11.3. The van der Waals surface area contributed by atoms with Crippen LogP contribution in [-0.2, 0) is 11.3 Å². The van der Waals surface area contributed by atoms with Crippen LogP contribution in [0.25, 0.3) is 0 Å². The van der Waals surface area contributed by atoms with E-state index in [1.165, 1.54) is 0 Å². The van der Waals surface area contributed by atoms with Crippen LogP contribution >= 0.6 is 0 Å². The van der Waals surface area contributed by atoms with Crippen LogP contribution in [0.4, 0.5) is 0 Å². The number of amides is 1. The Morgan fingerprint density at radius 2 is 2.28 bits per heavy atom. The van der Waals surface area contributed by atoms with Gasteiger partial charge in [-0.1, -0.05) is 12.1 Å². The lowest BCUT2D eigenvalue weighted by atomic mass is 10.1. The average Bonchev–Trinajstić information content (AvgIpc) is 2.37. The first-order valence-corrected chi connectivity index (χ1v) is 6.03. The molecule has 1 aromatic rings. The zero-order valence-electron chi connectivity index (χ0n) is 10.8. The number of ether oxygens (including phenoxy) is 1. The van der Waals surface area contributed by atoms with Crippen molar-refractivity contribution in [2.75, 3.05) is 6.61 Å². The molecule has 18 heavy (non-hydrogen) atoms. The summed E-state index contributed by atoms with van der Waals surface area (Å²) in [7, 11) is 0. The molecule has 0 heterocycles. The second-order valence-corrected chi connectivity index (χ2v) is 3.97. The maximum atomic E-state index is 11.3. The largest absolute Gasteiger partial charge is 0.494 e. The quantitative estimate of drug-likeness (QED) is 0.837. The van der Waals surface area contributed by atoms with Crippen molar-refractivity contribution in [3.05, 3.63) is 29.3 Å². The van der Waals surface area contributed by atoms with Gasteiger partial charge in [0.25, 0.3) is 0 Å². The molecule has 1 rings (SSSR count). The van der Waals surface area contributed by atoms with E-state index in [-0.39, 0.29) is 18.7 Å². The SMILES string of the molecule is CCOc1ccc(CNC(=O)CCC#N)cc1C. The molecular weight excluding hydrogens is 228 g/mol. The summed E-state index contributed by atoms with van der Waals surface area (Å²) in [6.07, 6.45) is 0.515. The summed E-state index contributed by atoms with van der Waals surface area (Å²) in [6, 6.07) is 7.79. The van der Waals surface area contributed by atoms with E-state index in [9.17, 15) is 4.79 Å². The first kappa shape index (κ1) is 14.0. The molecule has 0 fully saturated rings. The summed E-state index contributed by atoms with van der Waals surface area (Å²) in [5, 5.41) is 11.2. The van der Waals surface area contributed by atoms with E-state index >= 15 is 0 Å². The molecule has 4 nitrogen and oxygen atoms in total. The van der Waals surface area contributed by atoms with Gasteiger partial charge in [-0.05, 0) is 31.0 Å². The molecule has 1 amide bonds. The Labute approximate surface area is 108 Å². The van der Waals surface area contributed by atoms with Gasteiger partial charge in [-0.25, -0.2) is 0 Å². The summed E-state index contributed by atoms with van der Waals surface area (Å²) < 4.78 is 5.45. The molecule has 0 atom stereocenters. The summed E-state index contributed by atoms with van der Waals surface area (Å²) >= 11 is 0. The second kappa shape index (κ2) is 7.33. The van der Waals surface area contributed by atoms with Crippen LogP contribution in [0.15, 0.2) is 18.2 Å². The molecule has 4 heteroatoms. The summed E-state index contributed by atoms with van der Waals surface area (Å²) in [5.41, 5.74) is 2.09. The van der Waals surface area contributed by atoms with Crippen molar-refractivity contribution >= 4 is 5.91 Å². The second-order valence-electron chi connectivity index (χ2n) is 3.97. The minimum Gasteiger partial charge on any atom is -0.494 e. The molecule has 1 aromatic carbocycles. The van der Waals surface area contributed by atoms with Crippen LogP contribution in [-0.4, -0.2) is 12.5 Å².